The average Bonchev–Trinajstić information content (AvgIpc) is 2.19. The van der Waals surface area contributed by atoms with Gasteiger partial charge in [-0.15, -0.1) is 0 Å². The van der Waals surface area contributed by atoms with E-state index in [2.05, 4.69) is 0 Å². The van der Waals surface area contributed by atoms with E-state index in [0.29, 0.717) is 17.7 Å². The van der Waals surface area contributed by atoms with Gasteiger partial charge in [-0.1, -0.05) is 13.0 Å². The highest BCUT2D eigenvalue weighted by atomic mass is 16.5. The Morgan fingerprint density at radius 1 is 1.60 bits per heavy atom. The van der Waals surface area contributed by atoms with Crippen molar-refractivity contribution in [3.63, 3.8) is 0 Å². The number of nitrogens with two attached hydrogens (primary N) is 1. The summed E-state index contributed by atoms with van der Waals surface area (Å²) in [5, 5.41) is 9.43. The number of aromatic hydroxyl groups is 1. The summed E-state index contributed by atoms with van der Waals surface area (Å²) in [5.74, 6) is 0.132. The lowest BCUT2D eigenvalue weighted by atomic mass is 10.2. The Morgan fingerprint density at radius 2 is 2.27 bits per heavy atom. The van der Waals surface area contributed by atoms with E-state index in [-0.39, 0.29) is 5.75 Å². The number of hydrogen-bond acceptors (Lipinski definition) is 3. The van der Waals surface area contributed by atoms with Gasteiger partial charge in [0.2, 0.25) is 0 Å². The van der Waals surface area contributed by atoms with Crippen molar-refractivity contribution in [2.45, 2.75) is 26.4 Å². The molecule has 1 rings (SSSR count). The van der Waals surface area contributed by atoms with E-state index < -0.39 is 12.0 Å². The van der Waals surface area contributed by atoms with Gasteiger partial charge >= 0.3 is 0 Å². The van der Waals surface area contributed by atoms with E-state index in [4.69, 9.17) is 10.5 Å². The molecule has 1 aromatic rings. The van der Waals surface area contributed by atoms with E-state index in [1.807, 2.05) is 6.92 Å². The van der Waals surface area contributed by atoms with Gasteiger partial charge in [0.15, 0.2) is 6.10 Å². The first-order chi connectivity index (χ1) is 7.06. The first-order valence-electron chi connectivity index (χ1n) is 4.80. The first kappa shape index (κ1) is 11.4. The molecule has 0 aliphatic rings. The molecule has 1 unspecified atom stereocenters. The smallest absolute Gasteiger partial charge is 0.258 e. The van der Waals surface area contributed by atoms with Crippen LogP contribution in [0.2, 0.25) is 0 Å². The van der Waals surface area contributed by atoms with E-state index in [9.17, 15) is 9.90 Å². The summed E-state index contributed by atoms with van der Waals surface area (Å²) in [7, 11) is 0. The van der Waals surface area contributed by atoms with Crippen LogP contribution in [-0.2, 0) is 4.79 Å². The molecule has 4 nitrogen and oxygen atoms in total. The summed E-state index contributed by atoms with van der Waals surface area (Å²) < 4.78 is 5.40. The number of phenols is 1. The molecule has 1 atom stereocenters. The predicted molar refractivity (Wildman–Crippen MR) is 56.7 cm³/mol. The summed E-state index contributed by atoms with van der Waals surface area (Å²) in [6.07, 6.45) is -0.143. The quantitative estimate of drug-likeness (QED) is 0.786. The minimum Gasteiger partial charge on any atom is -0.508 e. The van der Waals surface area contributed by atoms with Crippen molar-refractivity contribution in [1.29, 1.82) is 0 Å². The largest absolute Gasteiger partial charge is 0.508 e. The Morgan fingerprint density at radius 3 is 2.80 bits per heavy atom. The van der Waals surface area contributed by atoms with Gasteiger partial charge in [0.1, 0.15) is 11.5 Å². The van der Waals surface area contributed by atoms with Crippen LogP contribution in [0.5, 0.6) is 11.5 Å². The number of rotatable bonds is 4. The van der Waals surface area contributed by atoms with Crippen molar-refractivity contribution >= 4 is 5.91 Å². The number of primary amides is 1. The fourth-order valence-electron chi connectivity index (χ4n) is 1.23. The normalized spacial score (nSPS) is 12.1. The number of hydrogen-bond donors (Lipinski definition) is 2. The number of phenolic OH excluding ortho intramolecular Hbond substituents is 1. The van der Waals surface area contributed by atoms with Crippen LogP contribution in [0, 0.1) is 6.92 Å². The molecule has 0 spiro atoms. The van der Waals surface area contributed by atoms with Crippen molar-refractivity contribution < 1.29 is 14.6 Å². The minimum absolute atomic E-state index is 0.145. The van der Waals surface area contributed by atoms with Crippen LogP contribution in [0.3, 0.4) is 0 Å². The molecule has 0 radical (unpaired) electrons. The van der Waals surface area contributed by atoms with Gasteiger partial charge in [0.05, 0.1) is 0 Å². The molecule has 1 aromatic carbocycles. The molecule has 1 amide bonds. The molecule has 15 heavy (non-hydrogen) atoms. The Labute approximate surface area is 88.7 Å². The predicted octanol–water partition coefficient (Wildman–Crippen LogP) is 1.34. The zero-order valence-electron chi connectivity index (χ0n) is 8.86. The van der Waals surface area contributed by atoms with Crippen molar-refractivity contribution in [2.75, 3.05) is 0 Å². The molecule has 0 saturated heterocycles. The zero-order chi connectivity index (χ0) is 11.4. The number of amides is 1. The van der Waals surface area contributed by atoms with Gasteiger partial charge in [-0.05, 0) is 25.5 Å². The summed E-state index contributed by atoms with van der Waals surface area (Å²) in [6, 6.07) is 4.92. The summed E-state index contributed by atoms with van der Waals surface area (Å²) >= 11 is 0. The average molecular weight is 209 g/mol. The second-order valence-corrected chi connectivity index (χ2v) is 3.32. The monoisotopic (exact) mass is 209 g/mol. The van der Waals surface area contributed by atoms with Crippen LogP contribution in [0.4, 0.5) is 0 Å². The molecule has 0 bridgehead atoms. The van der Waals surface area contributed by atoms with Crippen LogP contribution in [0.15, 0.2) is 18.2 Å². The Balaban J connectivity index is 2.88. The zero-order valence-corrected chi connectivity index (χ0v) is 8.86. The van der Waals surface area contributed by atoms with Gasteiger partial charge in [-0.3, -0.25) is 4.79 Å². The second kappa shape index (κ2) is 4.68. The van der Waals surface area contributed by atoms with Crippen LogP contribution < -0.4 is 10.5 Å². The molecule has 0 heterocycles. The Kier molecular flexibility index (Phi) is 3.55. The maximum absolute atomic E-state index is 11.0. The highest BCUT2D eigenvalue weighted by Crippen LogP contribution is 2.27. The van der Waals surface area contributed by atoms with E-state index in [0.717, 1.165) is 0 Å². The topological polar surface area (TPSA) is 72.6 Å². The van der Waals surface area contributed by atoms with Crippen molar-refractivity contribution in [2.24, 2.45) is 5.73 Å². The molecule has 0 aliphatic carbocycles. The third-order valence-corrected chi connectivity index (χ3v) is 2.21. The Hall–Kier alpha value is -1.71. The fourth-order valence-corrected chi connectivity index (χ4v) is 1.23. The van der Waals surface area contributed by atoms with E-state index in [1.165, 1.54) is 0 Å². The van der Waals surface area contributed by atoms with Gasteiger partial charge in [-0.25, -0.2) is 0 Å². The molecular weight excluding hydrogens is 194 g/mol. The molecule has 0 aliphatic heterocycles. The van der Waals surface area contributed by atoms with Gasteiger partial charge < -0.3 is 15.6 Å². The lowest BCUT2D eigenvalue weighted by Crippen LogP contribution is -2.33. The standard InChI is InChI=1S/C11H15NO3/c1-3-9(11(12)14)15-10-6-4-5-8(13)7(10)2/h4-6,9,13H,3H2,1-2H3,(H2,12,14). The lowest BCUT2D eigenvalue weighted by Gasteiger charge is -2.16. The molecule has 0 aromatic heterocycles. The summed E-state index contributed by atoms with van der Waals surface area (Å²) in [4.78, 5) is 11.0. The van der Waals surface area contributed by atoms with Gasteiger partial charge in [0, 0.05) is 5.56 Å². The lowest BCUT2D eigenvalue weighted by molar-refractivity contribution is -0.124. The molecule has 0 fully saturated rings. The number of ether oxygens (including phenoxy) is 1. The van der Waals surface area contributed by atoms with Crippen molar-refractivity contribution in [3.05, 3.63) is 23.8 Å². The highest BCUT2D eigenvalue weighted by molar-refractivity contribution is 5.79. The number of benzene rings is 1. The molecular formula is C11H15NO3. The van der Waals surface area contributed by atoms with Crippen LogP contribution in [0.25, 0.3) is 0 Å². The second-order valence-electron chi connectivity index (χ2n) is 3.32. The van der Waals surface area contributed by atoms with Crippen molar-refractivity contribution in [3.8, 4) is 11.5 Å². The fraction of sp³-hybridized carbons (Fsp3) is 0.364. The SMILES string of the molecule is CCC(Oc1cccc(O)c1C)C(N)=O. The van der Waals surface area contributed by atoms with E-state index >= 15 is 0 Å². The van der Waals surface area contributed by atoms with Gasteiger partial charge in [-0.2, -0.15) is 0 Å². The number of carbonyl (C=O) groups excluding carboxylic acids is 1. The maximum Gasteiger partial charge on any atom is 0.258 e. The molecule has 4 heteroatoms. The third kappa shape index (κ3) is 2.62. The third-order valence-electron chi connectivity index (χ3n) is 2.21. The van der Waals surface area contributed by atoms with Crippen LogP contribution >= 0.6 is 0 Å². The minimum atomic E-state index is -0.648. The summed E-state index contributed by atoms with van der Waals surface area (Å²) in [5.41, 5.74) is 5.77. The van der Waals surface area contributed by atoms with E-state index in [1.54, 1.807) is 25.1 Å². The number of carbonyl (C=O) groups is 1. The molecule has 3 N–H and O–H groups in total. The maximum atomic E-state index is 11.0. The van der Waals surface area contributed by atoms with Crippen LogP contribution in [-0.4, -0.2) is 17.1 Å². The Bertz CT molecular complexity index is 363. The molecule has 0 saturated carbocycles. The first-order valence-corrected chi connectivity index (χ1v) is 4.80. The van der Waals surface area contributed by atoms with Crippen molar-refractivity contribution in [1.82, 2.24) is 0 Å². The highest BCUT2D eigenvalue weighted by Gasteiger charge is 2.16. The summed E-state index contributed by atoms with van der Waals surface area (Å²) in [6.45, 7) is 3.53. The van der Waals surface area contributed by atoms with Crippen LogP contribution in [0.1, 0.15) is 18.9 Å². The van der Waals surface area contributed by atoms with Gasteiger partial charge in [0.25, 0.3) is 5.91 Å². The molecule has 82 valence electrons.